The van der Waals surface area contributed by atoms with Gasteiger partial charge in [0.1, 0.15) is 11.5 Å². The van der Waals surface area contributed by atoms with E-state index in [0.29, 0.717) is 74.4 Å². The van der Waals surface area contributed by atoms with E-state index in [-0.39, 0.29) is 17.3 Å². The van der Waals surface area contributed by atoms with E-state index < -0.39 is 17.7 Å². The molecule has 2 atom stereocenters. The number of nitriles is 1. The van der Waals surface area contributed by atoms with Gasteiger partial charge in [-0.25, -0.2) is 28.6 Å². The summed E-state index contributed by atoms with van der Waals surface area (Å²) in [5.74, 6) is -0.282. The van der Waals surface area contributed by atoms with Gasteiger partial charge in [-0.3, -0.25) is 4.68 Å². The molecule has 0 N–H and O–H groups in total. The summed E-state index contributed by atoms with van der Waals surface area (Å²) in [6.45, 7) is 7.58. The standard InChI is InChI=1S/C29H31F2N9O2/c1-18-26(19(2)39(36-18)16-20-4-10-42-17-20)27-24(31)15-33-28(35-27)37-6-8-38(9-7-37)29(41)40-25(3-5-34-40)22-11-21(14-32)12-23(30)13-22/h5,11-13,15,20,25H,3-4,6-10,16-17H2,1-2H3/t20?,25-/m0/s1. The number of rotatable bonds is 5. The van der Waals surface area contributed by atoms with Crippen molar-refractivity contribution in [2.45, 2.75) is 39.3 Å². The maximum Gasteiger partial charge on any atom is 0.341 e. The molecule has 0 bridgehead atoms. The van der Waals surface area contributed by atoms with Gasteiger partial charge in [0.15, 0.2) is 5.82 Å². The first-order valence-electron chi connectivity index (χ1n) is 14.0. The summed E-state index contributed by atoms with van der Waals surface area (Å²) in [6.07, 6.45) is 4.22. The average molecular weight is 576 g/mol. The van der Waals surface area contributed by atoms with Crippen molar-refractivity contribution < 1.29 is 18.3 Å². The molecule has 6 rings (SSSR count). The fourth-order valence-electron chi connectivity index (χ4n) is 5.86. The van der Waals surface area contributed by atoms with Crippen LogP contribution in [0.3, 0.4) is 0 Å². The van der Waals surface area contributed by atoms with Gasteiger partial charge < -0.3 is 14.5 Å². The Morgan fingerprint density at radius 2 is 1.98 bits per heavy atom. The summed E-state index contributed by atoms with van der Waals surface area (Å²) in [5, 5.41) is 19.5. The third-order valence-corrected chi connectivity index (χ3v) is 8.10. The van der Waals surface area contributed by atoms with Crippen molar-refractivity contribution in [1.29, 1.82) is 5.26 Å². The maximum atomic E-state index is 15.1. The second-order valence-electron chi connectivity index (χ2n) is 10.9. The first-order valence-corrected chi connectivity index (χ1v) is 14.0. The Morgan fingerprint density at radius 3 is 2.71 bits per heavy atom. The fourth-order valence-corrected chi connectivity index (χ4v) is 5.86. The van der Waals surface area contributed by atoms with Crippen molar-refractivity contribution in [3.63, 3.8) is 0 Å². The molecule has 3 aliphatic heterocycles. The molecule has 218 valence electrons. The monoisotopic (exact) mass is 575 g/mol. The van der Waals surface area contributed by atoms with E-state index in [1.54, 1.807) is 17.2 Å². The lowest BCUT2D eigenvalue weighted by atomic mass is 10.0. The van der Waals surface area contributed by atoms with Gasteiger partial charge in [-0.05, 0) is 44.0 Å². The molecule has 2 aromatic heterocycles. The van der Waals surface area contributed by atoms with Crippen LogP contribution in [0.1, 0.15) is 41.4 Å². The normalized spacial score (nSPS) is 20.4. The van der Waals surface area contributed by atoms with Gasteiger partial charge in [-0.15, -0.1) is 0 Å². The second-order valence-corrected chi connectivity index (χ2v) is 10.9. The molecule has 13 heteroatoms. The van der Waals surface area contributed by atoms with Crippen LogP contribution in [0.15, 0.2) is 29.5 Å². The summed E-state index contributed by atoms with van der Waals surface area (Å²) in [5.41, 5.74) is 3.14. The number of aromatic nitrogens is 4. The third kappa shape index (κ3) is 5.30. The molecule has 42 heavy (non-hydrogen) atoms. The van der Waals surface area contributed by atoms with Gasteiger partial charge in [0.25, 0.3) is 0 Å². The highest BCUT2D eigenvalue weighted by Gasteiger charge is 2.34. The molecular formula is C29H31F2N9O2. The second kappa shape index (κ2) is 11.4. The van der Waals surface area contributed by atoms with E-state index in [2.05, 4.69) is 20.2 Å². The minimum atomic E-state index is -0.531. The molecule has 0 radical (unpaired) electrons. The molecule has 5 heterocycles. The number of urea groups is 1. The number of halogens is 2. The largest absolute Gasteiger partial charge is 0.381 e. The van der Waals surface area contributed by atoms with Crippen LogP contribution in [-0.2, 0) is 11.3 Å². The van der Waals surface area contributed by atoms with Crippen molar-refractivity contribution in [3.05, 3.63) is 58.5 Å². The van der Waals surface area contributed by atoms with Crippen molar-refractivity contribution in [2.24, 2.45) is 11.0 Å². The Labute approximate surface area is 242 Å². The average Bonchev–Trinajstić information content (AvgIpc) is 3.75. The lowest BCUT2D eigenvalue weighted by molar-refractivity contribution is 0.139. The van der Waals surface area contributed by atoms with Gasteiger partial charge in [-0.1, -0.05) is 0 Å². The Hall–Kier alpha value is -4.44. The first-order chi connectivity index (χ1) is 20.3. The van der Waals surface area contributed by atoms with Crippen LogP contribution in [0, 0.1) is 42.7 Å². The van der Waals surface area contributed by atoms with Crippen LogP contribution < -0.4 is 4.90 Å². The molecule has 1 unspecified atom stereocenters. The molecule has 0 saturated carbocycles. The Bertz CT molecular complexity index is 1570. The van der Waals surface area contributed by atoms with E-state index in [0.717, 1.165) is 24.8 Å². The Balaban J connectivity index is 1.15. The number of anilines is 1. The lowest BCUT2D eigenvalue weighted by Gasteiger charge is -2.37. The SMILES string of the molecule is Cc1nn(CC2CCOC2)c(C)c1-c1nc(N2CCN(C(=O)N3N=CC[C@H]3c3cc(F)cc(C#N)c3)CC2)ncc1F. The summed E-state index contributed by atoms with van der Waals surface area (Å²) in [7, 11) is 0. The van der Waals surface area contributed by atoms with Crippen LogP contribution in [0.5, 0.6) is 0 Å². The smallest absolute Gasteiger partial charge is 0.341 e. The van der Waals surface area contributed by atoms with Crippen molar-refractivity contribution >= 4 is 18.2 Å². The molecule has 11 nitrogen and oxygen atoms in total. The number of amides is 2. The fraction of sp³-hybridized carbons (Fsp3) is 0.448. The van der Waals surface area contributed by atoms with Crippen LogP contribution in [0.4, 0.5) is 19.5 Å². The number of hydrazone groups is 1. The molecule has 3 aliphatic rings. The molecule has 3 aromatic rings. The van der Waals surface area contributed by atoms with E-state index >= 15 is 4.39 Å². The molecule has 2 saturated heterocycles. The number of nitrogens with zero attached hydrogens (tertiary/aromatic N) is 9. The lowest BCUT2D eigenvalue weighted by Crippen LogP contribution is -2.52. The van der Waals surface area contributed by atoms with Gasteiger partial charge in [0, 0.05) is 69.1 Å². The minimum absolute atomic E-state index is 0.192. The quantitative estimate of drug-likeness (QED) is 0.454. The van der Waals surface area contributed by atoms with Crippen LogP contribution in [0.2, 0.25) is 0 Å². The number of aryl methyl sites for hydroxylation is 1. The predicted molar refractivity (Wildman–Crippen MR) is 150 cm³/mol. The van der Waals surface area contributed by atoms with Gasteiger partial charge in [0.2, 0.25) is 5.95 Å². The third-order valence-electron chi connectivity index (χ3n) is 8.10. The van der Waals surface area contributed by atoms with Gasteiger partial charge in [-0.2, -0.15) is 15.5 Å². The molecular weight excluding hydrogens is 544 g/mol. The number of ether oxygens (including phenoxy) is 1. The molecule has 2 fully saturated rings. The van der Waals surface area contributed by atoms with E-state index in [4.69, 9.17) is 4.74 Å². The topological polar surface area (TPSA) is 116 Å². The summed E-state index contributed by atoms with van der Waals surface area (Å²) in [4.78, 5) is 25.9. The maximum absolute atomic E-state index is 15.1. The van der Waals surface area contributed by atoms with E-state index in [1.165, 1.54) is 17.3 Å². The predicted octanol–water partition coefficient (Wildman–Crippen LogP) is 3.82. The van der Waals surface area contributed by atoms with Gasteiger partial charge >= 0.3 is 6.03 Å². The number of carbonyl (C=O) groups excluding carboxylic acids is 1. The highest BCUT2D eigenvalue weighted by atomic mass is 19.1. The zero-order valence-corrected chi connectivity index (χ0v) is 23.5. The van der Waals surface area contributed by atoms with Crippen molar-refractivity contribution in [2.75, 3.05) is 44.3 Å². The minimum Gasteiger partial charge on any atom is -0.381 e. The van der Waals surface area contributed by atoms with Crippen molar-refractivity contribution in [3.8, 4) is 17.3 Å². The highest BCUT2D eigenvalue weighted by Crippen LogP contribution is 2.32. The molecule has 0 aliphatic carbocycles. The summed E-state index contributed by atoms with van der Waals surface area (Å²) in [6, 6.07) is 5.24. The van der Waals surface area contributed by atoms with Crippen LogP contribution in [0.25, 0.3) is 11.3 Å². The number of piperazine rings is 1. The number of carbonyl (C=O) groups is 1. The Morgan fingerprint density at radius 1 is 1.17 bits per heavy atom. The van der Waals surface area contributed by atoms with Gasteiger partial charge in [0.05, 0.1) is 36.2 Å². The molecule has 2 amide bonds. The molecule has 0 spiro atoms. The number of hydrogen-bond acceptors (Lipinski definition) is 8. The van der Waals surface area contributed by atoms with Crippen molar-refractivity contribution in [1.82, 2.24) is 29.7 Å². The van der Waals surface area contributed by atoms with E-state index in [9.17, 15) is 14.4 Å². The zero-order chi connectivity index (χ0) is 29.4. The first kappa shape index (κ1) is 27.7. The molecule has 1 aromatic carbocycles. The van der Waals surface area contributed by atoms with E-state index in [1.807, 2.05) is 29.5 Å². The number of benzene rings is 1. The zero-order valence-electron chi connectivity index (χ0n) is 23.5. The number of hydrogen-bond donors (Lipinski definition) is 0. The highest BCUT2D eigenvalue weighted by molar-refractivity contribution is 5.79. The summed E-state index contributed by atoms with van der Waals surface area (Å²) < 4.78 is 36.6. The summed E-state index contributed by atoms with van der Waals surface area (Å²) >= 11 is 0. The van der Waals surface area contributed by atoms with Crippen LogP contribution >= 0.6 is 0 Å². The Kier molecular flexibility index (Phi) is 7.55. The van der Waals surface area contributed by atoms with Crippen LogP contribution in [-0.4, -0.2) is 81.3 Å².